The molecule has 1 aromatic rings. The molecule has 6 heteroatoms. The van der Waals surface area contributed by atoms with E-state index < -0.39 is 5.91 Å². The number of carbonyl (C=O) groups excluding carboxylic acids is 1. The molecule has 1 heterocycles. The lowest BCUT2D eigenvalue weighted by Crippen LogP contribution is -2.30. The second-order valence-electron chi connectivity index (χ2n) is 3.68. The van der Waals surface area contributed by atoms with Crippen molar-refractivity contribution in [1.82, 2.24) is 4.98 Å². The summed E-state index contributed by atoms with van der Waals surface area (Å²) in [4.78, 5) is 17.0. The molecule has 0 bridgehead atoms. The van der Waals surface area contributed by atoms with E-state index in [1.807, 2.05) is 11.8 Å². The van der Waals surface area contributed by atoms with Gasteiger partial charge < -0.3 is 21.5 Å². The fraction of sp³-hybridized carbons (Fsp3) is 0.455. The van der Waals surface area contributed by atoms with Gasteiger partial charge in [0.15, 0.2) is 5.82 Å². The summed E-state index contributed by atoms with van der Waals surface area (Å²) >= 11 is 0. The Morgan fingerprint density at radius 1 is 1.47 bits per heavy atom. The van der Waals surface area contributed by atoms with E-state index in [0.29, 0.717) is 24.6 Å². The highest BCUT2D eigenvalue weighted by Crippen LogP contribution is 2.20. The van der Waals surface area contributed by atoms with Gasteiger partial charge in [0.1, 0.15) is 5.69 Å². The average Bonchev–Trinajstić information content (AvgIpc) is 2.29. The molecule has 6 nitrogen and oxygen atoms in total. The second kappa shape index (κ2) is 6.05. The second-order valence-corrected chi connectivity index (χ2v) is 3.68. The number of primary amides is 1. The van der Waals surface area contributed by atoms with E-state index >= 15 is 0 Å². The summed E-state index contributed by atoms with van der Waals surface area (Å²) in [7, 11) is 0. The first-order valence-corrected chi connectivity index (χ1v) is 5.52. The molecule has 0 radical (unpaired) electrons. The lowest BCUT2D eigenvalue weighted by molar-refractivity contribution is 0.0995. The average molecular weight is 238 g/mol. The summed E-state index contributed by atoms with van der Waals surface area (Å²) in [6.45, 7) is 3.15. The molecule has 0 saturated heterocycles. The van der Waals surface area contributed by atoms with Crippen LogP contribution >= 0.6 is 0 Å². The Labute approximate surface area is 100 Å². The van der Waals surface area contributed by atoms with Crippen LogP contribution in [0.1, 0.15) is 23.8 Å². The molecule has 94 valence electrons. The first-order chi connectivity index (χ1) is 8.10. The number of pyridine rings is 1. The van der Waals surface area contributed by atoms with E-state index in [2.05, 4.69) is 4.98 Å². The first-order valence-electron chi connectivity index (χ1n) is 5.52. The van der Waals surface area contributed by atoms with Crippen LogP contribution in [-0.4, -0.2) is 35.7 Å². The Kier molecular flexibility index (Phi) is 4.71. The van der Waals surface area contributed by atoms with Crippen molar-refractivity contribution in [1.29, 1.82) is 0 Å². The number of hydrogen-bond donors (Lipinski definition) is 3. The quantitative estimate of drug-likeness (QED) is 0.645. The molecule has 0 aliphatic carbocycles. The molecule has 1 rings (SSSR count). The van der Waals surface area contributed by atoms with Crippen LogP contribution in [0.2, 0.25) is 0 Å². The van der Waals surface area contributed by atoms with Crippen molar-refractivity contribution in [3.8, 4) is 0 Å². The molecule has 0 saturated carbocycles. The summed E-state index contributed by atoms with van der Waals surface area (Å²) in [5.74, 6) is -0.0936. The van der Waals surface area contributed by atoms with Crippen LogP contribution in [-0.2, 0) is 0 Å². The van der Waals surface area contributed by atoms with Crippen molar-refractivity contribution in [2.45, 2.75) is 13.3 Å². The van der Waals surface area contributed by atoms with Gasteiger partial charge in [0, 0.05) is 13.1 Å². The van der Waals surface area contributed by atoms with Crippen molar-refractivity contribution in [3.05, 3.63) is 17.8 Å². The zero-order chi connectivity index (χ0) is 12.8. The fourth-order valence-electron chi connectivity index (χ4n) is 1.56. The van der Waals surface area contributed by atoms with Gasteiger partial charge >= 0.3 is 0 Å². The number of hydrogen-bond acceptors (Lipinski definition) is 5. The van der Waals surface area contributed by atoms with Gasteiger partial charge in [-0.1, -0.05) is 6.92 Å². The molecule has 0 fully saturated rings. The first kappa shape index (κ1) is 13.2. The van der Waals surface area contributed by atoms with Gasteiger partial charge in [-0.3, -0.25) is 4.79 Å². The largest absolute Gasteiger partial charge is 0.396 e. The van der Waals surface area contributed by atoms with Gasteiger partial charge in [-0.05, 0) is 18.6 Å². The van der Waals surface area contributed by atoms with Crippen molar-refractivity contribution in [2.24, 2.45) is 5.73 Å². The van der Waals surface area contributed by atoms with Crippen molar-refractivity contribution in [2.75, 3.05) is 30.3 Å². The Hall–Kier alpha value is -1.82. The highest BCUT2D eigenvalue weighted by Gasteiger charge is 2.13. The van der Waals surface area contributed by atoms with E-state index in [0.717, 1.165) is 6.42 Å². The van der Waals surface area contributed by atoms with E-state index in [9.17, 15) is 4.79 Å². The fourth-order valence-corrected chi connectivity index (χ4v) is 1.56. The summed E-state index contributed by atoms with van der Waals surface area (Å²) in [6.07, 6.45) is 0.891. The van der Waals surface area contributed by atoms with Crippen LogP contribution in [0, 0.1) is 0 Å². The van der Waals surface area contributed by atoms with Crippen molar-refractivity contribution >= 4 is 17.4 Å². The minimum Gasteiger partial charge on any atom is -0.396 e. The Bertz CT molecular complexity index is 389. The van der Waals surface area contributed by atoms with Crippen molar-refractivity contribution in [3.63, 3.8) is 0 Å². The van der Waals surface area contributed by atoms with Crippen LogP contribution in [0.3, 0.4) is 0 Å². The number of aliphatic hydroxyl groups excluding tert-OH is 1. The highest BCUT2D eigenvalue weighted by atomic mass is 16.3. The Morgan fingerprint density at radius 3 is 2.71 bits per heavy atom. The minimum absolute atomic E-state index is 0.00190. The van der Waals surface area contributed by atoms with E-state index in [4.69, 9.17) is 16.6 Å². The van der Waals surface area contributed by atoms with Gasteiger partial charge in [0.2, 0.25) is 0 Å². The number of aliphatic hydroxyl groups is 1. The topological polar surface area (TPSA) is 105 Å². The number of amides is 1. The normalized spacial score (nSPS) is 10.2. The third kappa shape index (κ3) is 3.32. The number of nitrogen functional groups attached to an aromatic ring is 1. The molecule has 0 aliphatic heterocycles. The lowest BCUT2D eigenvalue weighted by Gasteiger charge is -2.23. The molecule has 0 unspecified atom stereocenters. The zero-order valence-corrected chi connectivity index (χ0v) is 9.89. The molecule has 17 heavy (non-hydrogen) atoms. The molecular weight excluding hydrogens is 220 g/mol. The third-order valence-electron chi connectivity index (χ3n) is 2.32. The molecule has 0 atom stereocenters. The smallest absolute Gasteiger partial charge is 0.267 e. The SMILES string of the molecule is CCCN(CCO)c1nc(C(N)=O)ccc1N. The number of nitrogens with zero attached hydrogens (tertiary/aromatic N) is 2. The maximum atomic E-state index is 11.1. The van der Waals surface area contributed by atoms with Crippen LogP contribution in [0.25, 0.3) is 0 Å². The van der Waals surface area contributed by atoms with Gasteiger partial charge in [-0.25, -0.2) is 4.98 Å². The molecule has 1 aromatic heterocycles. The lowest BCUT2D eigenvalue weighted by atomic mass is 10.3. The maximum Gasteiger partial charge on any atom is 0.267 e. The molecular formula is C11H18N4O2. The molecule has 0 spiro atoms. The Balaban J connectivity index is 3.07. The highest BCUT2D eigenvalue weighted by molar-refractivity contribution is 5.91. The van der Waals surface area contributed by atoms with Crippen molar-refractivity contribution < 1.29 is 9.90 Å². The number of anilines is 2. The van der Waals surface area contributed by atoms with E-state index in [-0.39, 0.29) is 12.3 Å². The minimum atomic E-state index is -0.591. The van der Waals surface area contributed by atoms with Gasteiger partial charge in [0.05, 0.1) is 12.3 Å². The maximum absolute atomic E-state index is 11.1. The molecule has 5 N–H and O–H groups in total. The number of aromatic nitrogens is 1. The summed E-state index contributed by atoms with van der Waals surface area (Å²) < 4.78 is 0. The van der Waals surface area contributed by atoms with E-state index in [1.54, 1.807) is 6.07 Å². The zero-order valence-electron chi connectivity index (χ0n) is 9.89. The summed E-state index contributed by atoms with van der Waals surface area (Å²) in [5, 5.41) is 8.99. The third-order valence-corrected chi connectivity index (χ3v) is 2.32. The Morgan fingerprint density at radius 2 is 2.18 bits per heavy atom. The van der Waals surface area contributed by atoms with E-state index in [1.165, 1.54) is 6.07 Å². The van der Waals surface area contributed by atoms with Gasteiger partial charge in [-0.2, -0.15) is 0 Å². The van der Waals surface area contributed by atoms with Crippen LogP contribution < -0.4 is 16.4 Å². The number of nitrogens with two attached hydrogens (primary N) is 2. The van der Waals surface area contributed by atoms with Gasteiger partial charge in [-0.15, -0.1) is 0 Å². The summed E-state index contributed by atoms with van der Waals surface area (Å²) in [6, 6.07) is 3.09. The molecule has 0 aromatic carbocycles. The predicted octanol–water partition coefficient (Wildman–Crippen LogP) is -0.0286. The van der Waals surface area contributed by atoms with Gasteiger partial charge in [0.25, 0.3) is 5.91 Å². The number of rotatable bonds is 6. The standard InChI is InChI=1S/C11H18N4O2/c1-2-5-15(6-7-16)11-8(12)3-4-9(14-11)10(13)17/h3-4,16H,2,5-7,12H2,1H3,(H2,13,17). The van der Waals surface area contributed by atoms with Crippen LogP contribution in [0.15, 0.2) is 12.1 Å². The summed E-state index contributed by atoms with van der Waals surface area (Å²) in [5.41, 5.74) is 11.6. The molecule has 1 amide bonds. The molecule has 0 aliphatic rings. The number of carbonyl (C=O) groups is 1. The van der Waals surface area contributed by atoms with Crippen LogP contribution in [0.4, 0.5) is 11.5 Å². The predicted molar refractivity (Wildman–Crippen MR) is 66.8 cm³/mol. The monoisotopic (exact) mass is 238 g/mol. The van der Waals surface area contributed by atoms with Crippen LogP contribution in [0.5, 0.6) is 0 Å².